The molecule has 350 valence electrons. The second kappa shape index (κ2) is 38.7. The number of allylic oxidation sites excluding steroid dienone is 8. The fourth-order valence-corrected chi connectivity index (χ4v) is 7.33. The van der Waals surface area contributed by atoms with E-state index in [2.05, 4.69) is 67.8 Å². The molecule has 9 unspecified atom stereocenters. The molecule has 11 nitrogen and oxygen atoms in total. The highest BCUT2D eigenvalue weighted by Gasteiger charge is 2.44. The number of unbranched alkanes of at least 4 members (excludes halogenated alkanes) is 20. The zero-order valence-electron chi connectivity index (χ0n) is 37.7. The standard InChI is InChI=1S/C49H89NO10/c1-3-5-7-9-11-13-15-17-19-20-21-22-23-25-26-28-30-32-34-36-41(52)44(54)40(39-59-49-47(57)46(56)45(55)43(38-51)60-49)50-48(58)42(53)37-35-33-31-29-27-24-18-16-14-12-10-8-6-4-2/h12,14,16,18,22-23,28,30,40-47,49,51-57H,3-11,13,15,17,19-21,24-27,29,31-39H2,1-2H3,(H,50,58)/b14-12-,18-16-,23-22+,30-28+. The van der Waals surface area contributed by atoms with Gasteiger partial charge < -0.3 is 50.5 Å². The van der Waals surface area contributed by atoms with E-state index in [1.165, 1.54) is 83.5 Å². The summed E-state index contributed by atoms with van der Waals surface area (Å²) in [5.41, 5.74) is 0. The van der Waals surface area contributed by atoms with E-state index in [0.29, 0.717) is 19.3 Å². The second-order valence-corrected chi connectivity index (χ2v) is 16.8. The van der Waals surface area contributed by atoms with Gasteiger partial charge in [-0.05, 0) is 77.0 Å². The van der Waals surface area contributed by atoms with Crippen molar-refractivity contribution >= 4 is 5.91 Å². The molecule has 0 radical (unpaired) electrons. The van der Waals surface area contributed by atoms with Crippen LogP contribution in [0.5, 0.6) is 0 Å². The molecule has 0 saturated carbocycles. The van der Waals surface area contributed by atoms with Crippen molar-refractivity contribution in [2.24, 2.45) is 0 Å². The topological polar surface area (TPSA) is 189 Å². The quantitative estimate of drug-likeness (QED) is 0.0170. The summed E-state index contributed by atoms with van der Waals surface area (Å²) in [6, 6.07) is -1.20. The van der Waals surface area contributed by atoms with Gasteiger partial charge in [0.25, 0.3) is 0 Å². The fourth-order valence-electron chi connectivity index (χ4n) is 7.33. The van der Waals surface area contributed by atoms with Gasteiger partial charge in [-0.1, -0.05) is 159 Å². The number of ether oxygens (including phenoxy) is 2. The second-order valence-electron chi connectivity index (χ2n) is 16.8. The van der Waals surface area contributed by atoms with Crippen molar-refractivity contribution in [1.29, 1.82) is 0 Å². The van der Waals surface area contributed by atoms with E-state index in [0.717, 1.165) is 57.8 Å². The van der Waals surface area contributed by atoms with E-state index < -0.39 is 74.2 Å². The van der Waals surface area contributed by atoms with Crippen LogP contribution < -0.4 is 5.32 Å². The minimum absolute atomic E-state index is 0.231. The van der Waals surface area contributed by atoms with E-state index in [9.17, 15) is 40.5 Å². The highest BCUT2D eigenvalue weighted by Crippen LogP contribution is 2.23. The summed E-state index contributed by atoms with van der Waals surface area (Å²) >= 11 is 0. The number of aliphatic hydroxyl groups is 7. The number of hydrogen-bond donors (Lipinski definition) is 8. The van der Waals surface area contributed by atoms with Crippen molar-refractivity contribution in [3.8, 4) is 0 Å². The van der Waals surface area contributed by atoms with Gasteiger partial charge >= 0.3 is 0 Å². The number of nitrogens with one attached hydrogen (secondary N) is 1. The Bertz CT molecular complexity index is 1110. The number of rotatable bonds is 39. The van der Waals surface area contributed by atoms with Gasteiger partial charge in [0.15, 0.2) is 6.29 Å². The Hall–Kier alpha value is -1.93. The van der Waals surface area contributed by atoms with Gasteiger partial charge in [-0.15, -0.1) is 0 Å². The van der Waals surface area contributed by atoms with Crippen LogP contribution >= 0.6 is 0 Å². The maximum atomic E-state index is 13.1. The summed E-state index contributed by atoms with van der Waals surface area (Å²) in [7, 11) is 0. The van der Waals surface area contributed by atoms with Gasteiger partial charge in [-0.2, -0.15) is 0 Å². The van der Waals surface area contributed by atoms with Crippen LogP contribution in [0.15, 0.2) is 48.6 Å². The molecular formula is C49H89NO10. The summed E-state index contributed by atoms with van der Waals surface area (Å²) in [6.07, 6.45) is 34.4. The molecule has 1 heterocycles. The molecule has 60 heavy (non-hydrogen) atoms. The third-order valence-electron chi connectivity index (χ3n) is 11.4. The van der Waals surface area contributed by atoms with Gasteiger partial charge in [0.05, 0.1) is 25.4 Å². The minimum Gasteiger partial charge on any atom is -0.394 e. The van der Waals surface area contributed by atoms with Crippen LogP contribution in [0, 0.1) is 0 Å². The van der Waals surface area contributed by atoms with Crippen LogP contribution in [0.3, 0.4) is 0 Å². The Morgan fingerprint density at radius 3 is 1.62 bits per heavy atom. The van der Waals surface area contributed by atoms with E-state index in [1.807, 2.05) is 0 Å². The number of hydrogen-bond acceptors (Lipinski definition) is 10. The molecule has 1 amide bonds. The predicted octanol–water partition coefficient (Wildman–Crippen LogP) is 8.17. The van der Waals surface area contributed by atoms with E-state index in [4.69, 9.17) is 9.47 Å². The first-order valence-electron chi connectivity index (χ1n) is 24.1. The number of carbonyl (C=O) groups is 1. The van der Waals surface area contributed by atoms with Crippen LogP contribution in [0.1, 0.15) is 187 Å². The molecule has 0 aromatic heterocycles. The van der Waals surface area contributed by atoms with Crippen molar-refractivity contribution < 1.29 is 50.0 Å². The van der Waals surface area contributed by atoms with Crippen LogP contribution in [-0.4, -0.2) is 110 Å². The summed E-state index contributed by atoms with van der Waals surface area (Å²) < 4.78 is 11.1. The lowest BCUT2D eigenvalue weighted by molar-refractivity contribution is -0.303. The fraction of sp³-hybridized carbons (Fsp3) is 0.816. The van der Waals surface area contributed by atoms with Crippen molar-refractivity contribution in [3.05, 3.63) is 48.6 Å². The normalized spacial score (nSPS) is 22.1. The molecule has 1 rings (SSSR count). The molecule has 0 spiro atoms. The largest absolute Gasteiger partial charge is 0.394 e. The highest BCUT2D eigenvalue weighted by molar-refractivity contribution is 5.80. The molecule has 0 bridgehead atoms. The van der Waals surface area contributed by atoms with Crippen molar-refractivity contribution in [3.63, 3.8) is 0 Å². The molecule has 1 aliphatic heterocycles. The smallest absolute Gasteiger partial charge is 0.249 e. The monoisotopic (exact) mass is 852 g/mol. The average Bonchev–Trinajstić information content (AvgIpc) is 3.25. The molecule has 9 atom stereocenters. The summed E-state index contributed by atoms with van der Waals surface area (Å²) in [5.74, 6) is -0.725. The highest BCUT2D eigenvalue weighted by atomic mass is 16.7. The maximum absolute atomic E-state index is 13.1. The lowest BCUT2D eigenvalue weighted by atomic mass is 9.98. The molecule has 0 aromatic rings. The van der Waals surface area contributed by atoms with Gasteiger partial charge in [0.2, 0.25) is 5.91 Å². The minimum atomic E-state index is -1.67. The van der Waals surface area contributed by atoms with E-state index in [1.54, 1.807) is 0 Å². The Morgan fingerprint density at radius 1 is 0.583 bits per heavy atom. The first kappa shape index (κ1) is 56.1. The van der Waals surface area contributed by atoms with Crippen LogP contribution in [0.25, 0.3) is 0 Å². The van der Waals surface area contributed by atoms with E-state index >= 15 is 0 Å². The first-order valence-corrected chi connectivity index (χ1v) is 24.1. The molecule has 0 aliphatic carbocycles. The number of aliphatic hydroxyl groups excluding tert-OH is 7. The third-order valence-corrected chi connectivity index (χ3v) is 11.4. The summed E-state index contributed by atoms with van der Waals surface area (Å²) in [5, 5.41) is 75.7. The van der Waals surface area contributed by atoms with Gasteiger partial charge in [0.1, 0.15) is 36.6 Å². The Balaban J connectivity index is 2.48. The van der Waals surface area contributed by atoms with Crippen LogP contribution in [-0.2, 0) is 14.3 Å². The Kier molecular flexibility index (Phi) is 36.2. The third kappa shape index (κ3) is 27.9. The molecule has 1 saturated heterocycles. The zero-order chi connectivity index (χ0) is 44.1. The lowest BCUT2D eigenvalue weighted by Gasteiger charge is -2.40. The zero-order valence-corrected chi connectivity index (χ0v) is 37.7. The molecule has 1 fully saturated rings. The SMILES string of the molecule is CCCCC/C=C\C=C/CCCCCCCC(O)C(=O)NC(COC1OC(CO)C(O)C(O)C1O)C(O)C(O)CCC/C=C/CC/C=C/CCCCCCCCCCCC. The van der Waals surface area contributed by atoms with Crippen molar-refractivity contribution in [2.75, 3.05) is 13.2 Å². The first-order chi connectivity index (χ1) is 29.2. The molecule has 1 aliphatic rings. The number of amides is 1. The average molecular weight is 852 g/mol. The summed E-state index contributed by atoms with van der Waals surface area (Å²) in [6.45, 7) is 3.37. The molecule has 8 N–H and O–H groups in total. The van der Waals surface area contributed by atoms with Gasteiger partial charge in [0, 0.05) is 0 Å². The Labute approximate surface area is 364 Å². The van der Waals surface area contributed by atoms with Gasteiger partial charge in [-0.3, -0.25) is 4.79 Å². The lowest BCUT2D eigenvalue weighted by Crippen LogP contribution is -2.60. The molecular weight excluding hydrogens is 763 g/mol. The molecule has 11 heteroatoms. The van der Waals surface area contributed by atoms with E-state index in [-0.39, 0.29) is 12.8 Å². The maximum Gasteiger partial charge on any atom is 0.249 e. The van der Waals surface area contributed by atoms with Crippen LogP contribution in [0.4, 0.5) is 0 Å². The Morgan fingerprint density at radius 2 is 1.05 bits per heavy atom. The van der Waals surface area contributed by atoms with Gasteiger partial charge in [-0.25, -0.2) is 0 Å². The van der Waals surface area contributed by atoms with Crippen molar-refractivity contribution in [2.45, 2.75) is 242 Å². The van der Waals surface area contributed by atoms with Crippen LogP contribution in [0.2, 0.25) is 0 Å². The van der Waals surface area contributed by atoms with Crippen molar-refractivity contribution in [1.82, 2.24) is 5.32 Å². The molecule has 0 aromatic carbocycles. The predicted molar refractivity (Wildman–Crippen MR) is 242 cm³/mol. The number of carbonyl (C=O) groups excluding carboxylic acids is 1. The summed E-state index contributed by atoms with van der Waals surface area (Å²) in [4.78, 5) is 13.1.